The Morgan fingerprint density at radius 2 is 1.76 bits per heavy atom. The molecule has 2 heteroatoms. The summed E-state index contributed by atoms with van der Waals surface area (Å²) in [5.74, 6) is 0.251. The van der Waals surface area contributed by atoms with E-state index in [2.05, 4.69) is 68.6 Å². The fourth-order valence-electron chi connectivity index (χ4n) is 2.51. The zero-order chi connectivity index (χ0) is 15.2. The van der Waals surface area contributed by atoms with Crippen molar-refractivity contribution >= 4 is 0 Å². The summed E-state index contributed by atoms with van der Waals surface area (Å²) < 4.78 is 0. The normalized spacial score (nSPS) is 13.9. The van der Waals surface area contributed by atoms with Crippen LogP contribution in [0, 0.1) is 19.8 Å². The Morgan fingerprint density at radius 1 is 1.05 bits per heavy atom. The lowest BCUT2D eigenvalue weighted by atomic mass is 9.93. The molecule has 0 spiro atoms. The third kappa shape index (κ3) is 4.16. The summed E-state index contributed by atoms with van der Waals surface area (Å²) in [5, 5.41) is 12.9. The van der Waals surface area contributed by atoms with E-state index in [-0.39, 0.29) is 18.6 Å². The average Bonchev–Trinajstić information content (AvgIpc) is 2.51. The molecule has 0 radical (unpaired) electrons. The van der Waals surface area contributed by atoms with Gasteiger partial charge in [-0.2, -0.15) is 0 Å². The Morgan fingerprint density at radius 3 is 2.43 bits per heavy atom. The summed E-state index contributed by atoms with van der Waals surface area (Å²) in [7, 11) is 0. The Bertz CT molecular complexity index is 565. The monoisotopic (exact) mass is 283 g/mol. The first-order chi connectivity index (χ1) is 10.1. The Labute approximate surface area is 127 Å². The highest BCUT2D eigenvalue weighted by molar-refractivity contribution is 5.39. The predicted molar refractivity (Wildman–Crippen MR) is 88.5 cm³/mol. The molecule has 21 heavy (non-hydrogen) atoms. The van der Waals surface area contributed by atoms with E-state index in [1.54, 1.807) is 0 Å². The van der Waals surface area contributed by atoms with Crippen molar-refractivity contribution in [2.24, 2.45) is 5.92 Å². The van der Waals surface area contributed by atoms with Gasteiger partial charge in [-0.15, -0.1) is 0 Å². The second kappa shape index (κ2) is 7.39. The van der Waals surface area contributed by atoms with Gasteiger partial charge in [-0.05, 0) is 36.5 Å². The minimum absolute atomic E-state index is 0.167. The molecule has 0 amide bonds. The molecule has 0 aliphatic carbocycles. The molecule has 0 saturated carbocycles. The highest BCUT2D eigenvalue weighted by Gasteiger charge is 2.16. The first kappa shape index (κ1) is 15.7. The van der Waals surface area contributed by atoms with Crippen LogP contribution >= 0.6 is 0 Å². The molecule has 112 valence electrons. The van der Waals surface area contributed by atoms with Crippen LogP contribution in [0.3, 0.4) is 0 Å². The second-order valence-corrected chi connectivity index (χ2v) is 5.90. The summed E-state index contributed by atoms with van der Waals surface area (Å²) >= 11 is 0. The van der Waals surface area contributed by atoms with Crippen LogP contribution in [0.4, 0.5) is 0 Å². The van der Waals surface area contributed by atoms with Gasteiger partial charge in [-0.3, -0.25) is 0 Å². The molecule has 0 saturated heterocycles. The van der Waals surface area contributed by atoms with Gasteiger partial charge in [-0.1, -0.05) is 61.0 Å². The Balaban J connectivity index is 2.33. The smallest absolute Gasteiger partial charge is 0.0579 e. The van der Waals surface area contributed by atoms with Crippen LogP contribution in [0.5, 0.6) is 0 Å². The Hall–Kier alpha value is -1.64. The standard InChI is InChI=1S/C19H25NO/c1-14-9-10-16(3)18(11-14)19(20-12-15(2)13-21)17-7-5-4-6-8-17/h4-11,15,19-21H,12-13H2,1-3H3. The molecule has 2 unspecified atom stereocenters. The van der Waals surface area contributed by atoms with Crippen LogP contribution in [-0.4, -0.2) is 18.3 Å². The number of rotatable bonds is 6. The van der Waals surface area contributed by atoms with E-state index < -0.39 is 0 Å². The summed E-state index contributed by atoms with van der Waals surface area (Å²) in [6.07, 6.45) is 0. The van der Waals surface area contributed by atoms with Crippen LogP contribution in [0.2, 0.25) is 0 Å². The van der Waals surface area contributed by atoms with Crippen molar-refractivity contribution in [3.63, 3.8) is 0 Å². The second-order valence-electron chi connectivity index (χ2n) is 5.90. The number of nitrogens with one attached hydrogen (secondary N) is 1. The van der Waals surface area contributed by atoms with Crippen molar-refractivity contribution in [1.82, 2.24) is 5.32 Å². The lowest BCUT2D eigenvalue weighted by molar-refractivity contribution is 0.231. The van der Waals surface area contributed by atoms with E-state index in [0.717, 1.165) is 6.54 Å². The lowest BCUT2D eigenvalue weighted by Gasteiger charge is -2.23. The number of hydrogen-bond donors (Lipinski definition) is 2. The molecular weight excluding hydrogens is 258 g/mol. The predicted octanol–water partition coefficient (Wildman–Crippen LogP) is 3.61. The van der Waals surface area contributed by atoms with Crippen LogP contribution in [0.1, 0.15) is 35.2 Å². The minimum atomic E-state index is 0.167. The van der Waals surface area contributed by atoms with Crippen molar-refractivity contribution in [3.05, 3.63) is 70.8 Å². The number of benzene rings is 2. The van der Waals surface area contributed by atoms with E-state index in [9.17, 15) is 5.11 Å². The highest BCUT2D eigenvalue weighted by Crippen LogP contribution is 2.26. The molecule has 0 aliphatic rings. The first-order valence-corrected chi connectivity index (χ1v) is 7.58. The molecule has 2 N–H and O–H groups in total. The quantitative estimate of drug-likeness (QED) is 0.849. The van der Waals surface area contributed by atoms with Crippen LogP contribution in [0.25, 0.3) is 0 Å². The zero-order valence-electron chi connectivity index (χ0n) is 13.1. The molecule has 0 aromatic heterocycles. The molecule has 0 aliphatic heterocycles. The highest BCUT2D eigenvalue weighted by atomic mass is 16.3. The molecule has 0 heterocycles. The van der Waals surface area contributed by atoms with Crippen molar-refractivity contribution in [3.8, 4) is 0 Å². The van der Waals surface area contributed by atoms with Gasteiger partial charge >= 0.3 is 0 Å². The fraction of sp³-hybridized carbons (Fsp3) is 0.368. The van der Waals surface area contributed by atoms with Crippen LogP contribution < -0.4 is 5.32 Å². The maximum absolute atomic E-state index is 9.25. The van der Waals surface area contributed by atoms with Gasteiger partial charge in [0, 0.05) is 13.2 Å². The van der Waals surface area contributed by atoms with Crippen molar-refractivity contribution < 1.29 is 5.11 Å². The lowest BCUT2D eigenvalue weighted by Crippen LogP contribution is -2.29. The van der Waals surface area contributed by atoms with Gasteiger partial charge in [-0.25, -0.2) is 0 Å². The largest absolute Gasteiger partial charge is 0.396 e. The minimum Gasteiger partial charge on any atom is -0.396 e. The van der Waals surface area contributed by atoms with Crippen LogP contribution in [-0.2, 0) is 0 Å². The zero-order valence-corrected chi connectivity index (χ0v) is 13.1. The van der Waals surface area contributed by atoms with E-state index in [1.807, 2.05) is 6.07 Å². The Kier molecular flexibility index (Phi) is 5.54. The van der Waals surface area contributed by atoms with Gasteiger partial charge in [0.05, 0.1) is 6.04 Å². The summed E-state index contributed by atoms with van der Waals surface area (Å²) in [6, 6.07) is 17.3. The molecule has 2 nitrogen and oxygen atoms in total. The van der Waals surface area contributed by atoms with Crippen molar-refractivity contribution in [2.45, 2.75) is 26.8 Å². The maximum Gasteiger partial charge on any atom is 0.0579 e. The first-order valence-electron chi connectivity index (χ1n) is 7.58. The average molecular weight is 283 g/mol. The molecule has 2 atom stereocenters. The van der Waals surface area contributed by atoms with Gasteiger partial charge in [0.25, 0.3) is 0 Å². The summed E-state index contributed by atoms with van der Waals surface area (Å²) in [6.45, 7) is 7.34. The van der Waals surface area contributed by atoms with Gasteiger partial charge in [0.15, 0.2) is 0 Å². The van der Waals surface area contributed by atoms with E-state index in [1.165, 1.54) is 22.3 Å². The summed E-state index contributed by atoms with van der Waals surface area (Å²) in [4.78, 5) is 0. The number of aliphatic hydroxyl groups excluding tert-OH is 1. The molecular formula is C19H25NO. The third-order valence-electron chi connectivity index (χ3n) is 3.86. The third-order valence-corrected chi connectivity index (χ3v) is 3.86. The number of aliphatic hydroxyl groups is 1. The maximum atomic E-state index is 9.25. The number of aryl methyl sites for hydroxylation is 2. The number of hydrogen-bond acceptors (Lipinski definition) is 2. The van der Waals surface area contributed by atoms with E-state index in [4.69, 9.17) is 0 Å². The van der Waals surface area contributed by atoms with E-state index >= 15 is 0 Å². The van der Waals surface area contributed by atoms with Crippen molar-refractivity contribution in [2.75, 3.05) is 13.2 Å². The molecule has 2 aromatic rings. The van der Waals surface area contributed by atoms with Crippen molar-refractivity contribution in [1.29, 1.82) is 0 Å². The molecule has 2 rings (SSSR count). The molecule has 2 aromatic carbocycles. The topological polar surface area (TPSA) is 32.3 Å². The van der Waals surface area contributed by atoms with Gasteiger partial charge < -0.3 is 10.4 Å². The van der Waals surface area contributed by atoms with E-state index in [0.29, 0.717) is 0 Å². The van der Waals surface area contributed by atoms with Gasteiger partial charge in [0.1, 0.15) is 0 Å². The molecule has 0 fully saturated rings. The fourth-order valence-corrected chi connectivity index (χ4v) is 2.51. The molecule has 0 bridgehead atoms. The SMILES string of the molecule is Cc1ccc(C)c(C(NCC(C)CO)c2ccccc2)c1. The van der Waals surface area contributed by atoms with Gasteiger partial charge in [0.2, 0.25) is 0 Å². The van der Waals surface area contributed by atoms with Crippen LogP contribution in [0.15, 0.2) is 48.5 Å². The summed E-state index contributed by atoms with van der Waals surface area (Å²) in [5.41, 5.74) is 5.13.